The van der Waals surface area contributed by atoms with Crippen LogP contribution in [0.1, 0.15) is 60.3 Å². The molecule has 1 saturated heterocycles. The maximum Gasteiger partial charge on any atom is 0.476 e. The lowest BCUT2D eigenvalue weighted by atomic mass is 9.81. The van der Waals surface area contributed by atoms with Crippen molar-refractivity contribution in [3.8, 4) is 0 Å². The van der Waals surface area contributed by atoms with Crippen molar-refractivity contribution >= 4 is 18.7 Å². The Morgan fingerprint density at radius 3 is 2.00 bits per heavy atom. The Morgan fingerprint density at radius 2 is 1.56 bits per heavy atom. The number of halogens is 1. The Kier molecular flexibility index (Phi) is 4.73. The minimum Gasteiger partial charge on any atom is -0.402 e. The third-order valence-corrected chi connectivity index (χ3v) is 4.07. The predicted molar refractivity (Wildman–Crippen MR) is 69.9 cm³/mol. The van der Waals surface area contributed by atoms with Gasteiger partial charge in [0.15, 0.2) is 0 Å². The van der Waals surface area contributed by atoms with E-state index in [1.54, 1.807) is 0 Å². The highest BCUT2D eigenvalue weighted by atomic mass is 35.5. The molecule has 1 fully saturated rings. The molecule has 0 amide bonds. The molecule has 0 aliphatic carbocycles. The molecule has 0 spiro atoms. The first-order valence-electron chi connectivity index (χ1n) is 6.30. The van der Waals surface area contributed by atoms with Gasteiger partial charge in [-0.25, -0.2) is 0 Å². The fourth-order valence-corrected chi connectivity index (χ4v) is 2.02. The van der Waals surface area contributed by atoms with Gasteiger partial charge in [-0.05, 0) is 34.1 Å². The summed E-state index contributed by atoms with van der Waals surface area (Å²) in [5.41, 5.74) is -0.537. The highest BCUT2D eigenvalue weighted by molar-refractivity contribution is 6.59. The summed E-state index contributed by atoms with van der Waals surface area (Å²) in [6.45, 7) is 10.4. The van der Waals surface area contributed by atoms with Crippen molar-refractivity contribution in [1.29, 1.82) is 0 Å². The van der Waals surface area contributed by atoms with Crippen molar-refractivity contribution in [2.24, 2.45) is 0 Å². The first-order valence-corrected chi connectivity index (χ1v) is 6.73. The largest absolute Gasteiger partial charge is 0.476 e. The van der Waals surface area contributed by atoms with Crippen molar-refractivity contribution in [1.82, 2.24) is 0 Å². The average molecular weight is 247 g/mol. The molecule has 0 aromatic rings. The molecule has 1 atom stereocenters. The first kappa shape index (κ1) is 14.3. The fraction of sp³-hybridized carbons (Fsp3) is 1.00. The minimum atomic E-state index is -0.268. The zero-order chi connectivity index (χ0) is 12.4. The van der Waals surface area contributed by atoms with Crippen LogP contribution in [0.5, 0.6) is 0 Å². The van der Waals surface area contributed by atoms with Crippen molar-refractivity contribution in [2.45, 2.75) is 76.8 Å². The highest BCUT2D eigenvalue weighted by Crippen LogP contribution is 2.38. The van der Waals surface area contributed by atoms with Crippen LogP contribution in [0.4, 0.5) is 0 Å². The lowest BCUT2D eigenvalue weighted by molar-refractivity contribution is 0.00578. The smallest absolute Gasteiger partial charge is 0.402 e. The van der Waals surface area contributed by atoms with E-state index >= 15 is 0 Å². The Hall–Kier alpha value is 0.275. The second kappa shape index (κ2) is 5.28. The quantitative estimate of drug-likeness (QED) is 0.417. The van der Waals surface area contributed by atoms with Crippen molar-refractivity contribution in [3.63, 3.8) is 0 Å². The Bertz CT molecular complexity index is 215. The number of unbranched alkanes of at least 4 members (excludes halogenated alkanes) is 2. The SMILES string of the molecule is CCCCCC(Cl)B1OC(C)(C)C(C)(C)O1. The van der Waals surface area contributed by atoms with Crippen LogP contribution in [0.25, 0.3) is 0 Å². The van der Waals surface area contributed by atoms with Gasteiger partial charge in [-0.15, -0.1) is 11.6 Å². The van der Waals surface area contributed by atoms with E-state index in [0.717, 1.165) is 12.8 Å². The third-order valence-electron chi connectivity index (χ3n) is 3.65. The summed E-state index contributed by atoms with van der Waals surface area (Å²) in [5, 5.41) is -0.0346. The minimum absolute atomic E-state index is 0.0346. The van der Waals surface area contributed by atoms with Gasteiger partial charge in [-0.2, -0.15) is 0 Å². The van der Waals surface area contributed by atoms with Crippen LogP contribution in [0, 0.1) is 0 Å². The molecule has 0 radical (unpaired) electrons. The fourth-order valence-electron chi connectivity index (χ4n) is 1.76. The van der Waals surface area contributed by atoms with Gasteiger partial charge < -0.3 is 9.31 Å². The summed E-state index contributed by atoms with van der Waals surface area (Å²) in [6.07, 6.45) is 4.55. The van der Waals surface area contributed by atoms with Crippen LogP contribution in [0.2, 0.25) is 0 Å². The van der Waals surface area contributed by atoms with Gasteiger partial charge in [0, 0.05) is 0 Å². The summed E-state index contributed by atoms with van der Waals surface area (Å²) in [5.74, 6) is 0. The van der Waals surface area contributed by atoms with Gasteiger partial charge in [0.25, 0.3) is 0 Å². The standard InChI is InChI=1S/C12H24BClO2/c1-6-7-8-9-10(14)13-15-11(2,3)12(4,5)16-13/h10H,6-9H2,1-5H3. The van der Waals surface area contributed by atoms with Crippen LogP contribution >= 0.6 is 11.6 Å². The van der Waals surface area contributed by atoms with E-state index in [4.69, 9.17) is 20.9 Å². The van der Waals surface area contributed by atoms with Gasteiger partial charge in [0.05, 0.1) is 16.5 Å². The Morgan fingerprint density at radius 1 is 1.06 bits per heavy atom. The normalized spacial score (nSPS) is 24.8. The number of alkyl halides is 1. The maximum absolute atomic E-state index is 6.33. The molecule has 94 valence electrons. The lowest BCUT2D eigenvalue weighted by Crippen LogP contribution is -2.41. The average Bonchev–Trinajstić information content (AvgIpc) is 2.36. The predicted octanol–water partition coefficient (Wildman–Crippen LogP) is 3.81. The van der Waals surface area contributed by atoms with Crippen molar-refractivity contribution in [3.05, 3.63) is 0 Å². The molecule has 0 saturated carbocycles. The monoisotopic (exact) mass is 246 g/mol. The second-order valence-electron chi connectivity index (χ2n) is 5.64. The van der Waals surface area contributed by atoms with Crippen LogP contribution in [-0.4, -0.2) is 23.6 Å². The topological polar surface area (TPSA) is 18.5 Å². The van der Waals surface area contributed by atoms with Gasteiger partial charge >= 0.3 is 7.12 Å². The molecule has 1 unspecified atom stereocenters. The van der Waals surface area contributed by atoms with Crippen LogP contribution in [0.3, 0.4) is 0 Å². The molecule has 4 heteroatoms. The van der Waals surface area contributed by atoms with Gasteiger partial charge in [0.2, 0.25) is 0 Å². The maximum atomic E-state index is 6.33. The van der Waals surface area contributed by atoms with Gasteiger partial charge in [-0.3, -0.25) is 0 Å². The summed E-state index contributed by atoms with van der Waals surface area (Å²) in [6, 6.07) is 0. The molecule has 1 heterocycles. The van der Waals surface area contributed by atoms with Crippen LogP contribution in [-0.2, 0) is 9.31 Å². The summed E-state index contributed by atoms with van der Waals surface area (Å²) in [4.78, 5) is 0. The van der Waals surface area contributed by atoms with Crippen molar-refractivity contribution in [2.75, 3.05) is 0 Å². The van der Waals surface area contributed by atoms with E-state index in [2.05, 4.69) is 34.6 Å². The zero-order valence-corrected chi connectivity index (χ0v) is 11.9. The number of hydrogen-bond acceptors (Lipinski definition) is 2. The first-order chi connectivity index (χ1) is 7.30. The molecule has 2 nitrogen and oxygen atoms in total. The van der Waals surface area contributed by atoms with E-state index in [1.165, 1.54) is 12.8 Å². The van der Waals surface area contributed by atoms with Crippen molar-refractivity contribution < 1.29 is 9.31 Å². The molecule has 1 aliphatic rings. The lowest BCUT2D eigenvalue weighted by Gasteiger charge is -2.32. The highest BCUT2D eigenvalue weighted by Gasteiger charge is 2.53. The Labute approximate surface area is 105 Å². The molecular weight excluding hydrogens is 222 g/mol. The van der Waals surface area contributed by atoms with E-state index < -0.39 is 0 Å². The van der Waals surface area contributed by atoms with E-state index in [0.29, 0.717) is 0 Å². The summed E-state index contributed by atoms with van der Waals surface area (Å²) >= 11 is 6.33. The number of rotatable bonds is 5. The molecule has 1 rings (SSSR count). The van der Waals surface area contributed by atoms with E-state index in [9.17, 15) is 0 Å². The molecule has 1 aliphatic heterocycles. The second-order valence-corrected chi connectivity index (χ2v) is 6.20. The van der Waals surface area contributed by atoms with Gasteiger partial charge in [0.1, 0.15) is 0 Å². The molecule has 0 bridgehead atoms. The van der Waals surface area contributed by atoms with E-state index in [1.807, 2.05) is 0 Å². The zero-order valence-electron chi connectivity index (χ0n) is 11.2. The molecule has 0 aromatic carbocycles. The molecule has 0 N–H and O–H groups in total. The third kappa shape index (κ3) is 3.15. The summed E-state index contributed by atoms with van der Waals surface area (Å²) in [7, 11) is -0.261. The van der Waals surface area contributed by atoms with Gasteiger partial charge in [-0.1, -0.05) is 26.2 Å². The number of hydrogen-bond donors (Lipinski definition) is 0. The molecular formula is C12H24BClO2. The van der Waals surface area contributed by atoms with Crippen LogP contribution < -0.4 is 0 Å². The van der Waals surface area contributed by atoms with E-state index in [-0.39, 0.29) is 23.6 Å². The van der Waals surface area contributed by atoms with Crippen LogP contribution in [0.15, 0.2) is 0 Å². The summed E-state index contributed by atoms with van der Waals surface area (Å²) < 4.78 is 11.8. The molecule has 16 heavy (non-hydrogen) atoms. The molecule has 0 aromatic heterocycles. The Balaban J connectivity index is 2.46.